The molecule has 116 valence electrons. The van der Waals surface area contributed by atoms with Gasteiger partial charge in [-0.25, -0.2) is 0 Å². The Kier molecular flexibility index (Phi) is 6.65. The monoisotopic (exact) mass is 328 g/mol. The molecule has 1 aromatic rings. The third-order valence-electron chi connectivity index (χ3n) is 3.82. The summed E-state index contributed by atoms with van der Waals surface area (Å²) in [7, 11) is 0. The van der Waals surface area contributed by atoms with Crippen molar-refractivity contribution < 1.29 is 4.79 Å². The Hall–Kier alpha value is -0.930. The first kappa shape index (κ1) is 16.4. The molecule has 1 aliphatic rings. The molecule has 1 saturated carbocycles. The lowest BCUT2D eigenvalue weighted by Crippen LogP contribution is -2.35. The minimum atomic E-state index is 0.111. The molecule has 2 N–H and O–H groups in total. The smallest absolute Gasteiger partial charge is 0.221 e. The summed E-state index contributed by atoms with van der Waals surface area (Å²) in [4.78, 5) is 11.9. The van der Waals surface area contributed by atoms with Crippen LogP contribution in [0.15, 0.2) is 18.2 Å². The van der Waals surface area contributed by atoms with Gasteiger partial charge in [0.05, 0.1) is 10.7 Å². The Balaban J connectivity index is 1.71. The van der Waals surface area contributed by atoms with Crippen molar-refractivity contribution in [1.82, 2.24) is 5.32 Å². The predicted molar refractivity (Wildman–Crippen MR) is 89.2 cm³/mol. The second-order valence-corrected chi connectivity index (χ2v) is 6.40. The highest BCUT2D eigenvalue weighted by Crippen LogP contribution is 2.25. The highest BCUT2D eigenvalue weighted by atomic mass is 35.5. The fourth-order valence-electron chi connectivity index (χ4n) is 2.67. The van der Waals surface area contributed by atoms with Crippen LogP contribution in [-0.4, -0.2) is 18.5 Å². The first-order chi connectivity index (χ1) is 10.1. The van der Waals surface area contributed by atoms with Gasteiger partial charge in [-0.15, -0.1) is 0 Å². The zero-order chi connectivity index (χ0) is 15.1. The lowest BCUT2D eigenvalue weighted by Gasteiger charge is -2.16. The summed E-state index contributed by atoms with van der Waals surface area (Å²) in [5, 5.41) is 7.49. The van der Waals surface area contributed by atoms with Gasteiger partial charge in [-0.2, -0.15) is 0 Å². The summed E-state index contributed by atoms with van der Waals surface area (Å²) in [5.74, 6) is 0.111. The molecule has 2 rings (SSSR count). The molecule has 1 amide bonds. The van der Waals surface area contributed by atoms with E-state index in [1.807, 2.05) is 6.07 Å². The van der Waals surface area contributed by atoms with Crippen molar-refractivity contribution in [2.75, 3.05) is 11.9 Å². The molecule has 21 heavy (non-hydrogen) atoms. The maximum Gasteiger partial charge on any atom is 0.221 e. The summed E-state index contributed by atoms with van der Waals surface area (Å²) in [5.41, 5.74) is 0.809. The van der Waals surface area contributed by atoms with Crippen molar-refractivity contribution in [3.05, 3.63) is 28.2 Å². The van der Waals surface area contributed by atoms with Crippen LogP contribution < -0.4 is 10.6 Å². The highest BCUT2D eigenvalue weighted by molar-refractivity contribution is 6.36. The lowest BCUT2D eigenvalue weighted by atomic mass is 10.1. The van der Waals surface area contributed by atoms with Gasteiger partial charge in [0.25, 0.3) is 0 Å². The SMILES string of the molecule is O=C(CCNc1ccc(Cl)cc1Cl)NC1CCCCCC1. The lowest BCUT2D eigenvalue weighted by molar-refractivity contribution is -0.121. The molecule has 0 saturated heterocycles. The molecular formula is C16H22Cl2N2O. The maximum atomic E-state index is 11.9. The number of carbonyl (C=O) groups excluding carboxylic acids is 1. The summed E-state index contributed by atoms with van der Waals surface area (Å²) in [6.07, 6.45) is 7.72. The Bertz CT molecular complexity index is 471. The summed E-state index contributed by atoms with van der Waals surface area (Å²) in [6.45, 7) is 0.569. The van der Waals surface area contributed by atoms with Gasteiger partial charge in [0.1, 0.15) is 0 Å². The Labute approximate surface area is 136 Å². The molecule has 0 aliphatic heterocycles. The van der Waals surface area contributed by atoms with Crippen LogP contribution in [0.1, 0.15) is 44.9 Å². The van der Waals surface area contributed by atoms with E-state index < -0.39 is 0 Å². The Morgan fingerprint density at radius 3 is 2.52 bits per heavy atom. The molecule has 0 radical (unpaired) electrons. The fourth-order valence-corrected chi connectivity index (χ4v) is 3.14. The van der Waals surface area contributed by atoms with Crippen LogP contribution in [0, 0.1) is 0 Å². The van der Waals surface area contributed by atoms with E-state index >= 15 is 0 Å². The highest BCUT2D eigenvalue weighted by Gasteiger charge is 2.14. The van der Waals surface area contributed by atoms with Crippen molar-refractivity contribution in [2.45, 2.75) is 51.0 Å². The number of anilines is 1. The molecule has 1 aromatic carbocycles. The number of benzene rings is 1. The van der Waals surface area contributed by atoms with Crippen molar-refractivity contribution in [1.29, 1.82) is 0 Å². The first-order valence-electron chi connectivity index (χ1n) is 7.63. The Morgan fingerprint density at radius 1 is 1.14 bits per heavy atom. The minimum absolute atomic E-state index is 0.111. The number of carbonyl (C=O) groups is 1. The van der Waals surface area contributed by atoms with Gasteiger partial charge in [-0.05, 0) is 31.0 Å². The van der Waals surface area contributed by atoms with Gasteiger partial charge < -0.3 is 10.6 Å². The van der Waals surface area contributed by atoms with Crippen LogP contribution in [0.4, 0.5) is 5.69 Å². The topological polar surface area (TPSA) is 41.1 Å². The van der Waals surface area contributed by atoms with Crippen LogP contribution in [0.5, 0.6) is 0 Å². The second-order valence-electron chi connectivity index (χ2n) is 5.56. The number of amides is 1. The molecule has 3 nitrogen and oxygen atoms in total. The largest absolute Gasteiger partial charge is 0.383 e. The average Bonchev–Trinajstić information content (AvgIpc) is 2.70. The maximum absolute atomic E-state index is 11.9. The van der Waals surface area contributed by atoms with Crippen LogP contribution in [0.3, 0.4) is 0 Å². The summed E-state index contributed by atoms with van der Waals surface area (Å²) < 4.78 is 0. The standard InChI is InChI=1S/C16H22Cl2N2O/c17-12-7-8-15(14(18)11-12)19-10-9-16(21)20-13-5-3-1-2-4-6-13/h7-8,11,13,19H,1-6,9-10H2,(H,20,21). The van der Waals surface area contributed by atoms with E-state index in [1.165, 1.54) is 25.7 Å². The third kappa shape index (κ3) is 5.76. The van der Waals surface area contributed by atoms with Crippen LogP contribution in [-0.2, 0) is 4.79 Å². The zero-order valence-corrected chi connectivity index (χ0v) is 13.6. The number of nitrogens with one attached hydrogen (secondary N) is 2. The third-order valence-corrected chi connectivity index (χ3v) is 4.37. The van der Waals surface area contributed by atoms with E-state index in [0.29, 0.717) is 29.1 Å². The quantitative estimate of drug-likeness (QED) is 0.773. The molecule has 0 bridgehead atoms. The zero-order valence-electron chi connectivity index (χ0n) is 12.1. The molecule has 0 heterocycles. The molecule has 0 atom stereocenters. The molecule has 0 aromatic heterocycles. The van der Waals surface area contributed by atoms with E-state index in [1.54, 1.807) is 12.1 Å². The second kappa shape index (κ2) is 8.50. The van der Waals surface area contributed by atoms with Crippen molar-refractivity contribution in [3.63, 3.8) is 0 Å². The molecule has 5 heteroatoms. The Morgan fingerprint density at radius 2 is 1.86 bits per heavy atom. The predicted octanol–water partition coefficient (Wildman–Crippen LogP) is 4.63. The average molecular weight is 329 g/mol. The normalized spacial score (nSPS) is 16.3. The van der Waals surface area contributed by atoms with Crippen molar-refractivity contribution in [3.8, 4) is 0 Å². The number of hydrogen-bond donors (Lipinski definition) is 2. The fraction of sp³-hybridized carbons (Fsp3) is 0.562. The first-order valence-corrected chi connectivity index (χ1v) is 8.39. The van der Waals surface area contributed by atoms with Gasteiger partial charge in [-0.3, -0.25) is 4.79 Å². The van der Waals surface area contributed by atoms with Gasteiger partial charge in [-0.1, -0.05) is 48.9 Å². The number of rotatable bonds is 5. The van der Waals surface area contributed by atoms with Crippen LogP contribution in [0.25, 0.3) is 0 Å². The number of hydrogen-bond acceptors (Lipinski definition) is 2. The van der Waals surface area contributed by atoms with Gasteiger partial charge in [0.15, 0.2) is 0 Å². The van der Waals surface area contributed by atoms with Crippen molar-refractivity contribution >= 4 is 34.8 Å². The molecule has 0 unspecified atom stereocenters. The van der Waals surface area contributed by atoms with Crippen molar-refractivity contribution in [2.24, 2.45) is 0 Å². The molecular weight excluding hydrogens is 307 g/mol. The van der Waals surface area contributed by atoms with E-state index in [-0.39, 0.29) is 5.91 Å². The summed E-state index contributed by atoms with van der Waals surface area (Å²) in [6, 6.07) is 5.66. The molecule has 0 spiro atoms. The van der Waals surface area contributed by atoms with Crippen LogP contribution >= 0.6 is 23.2 Å². The molecule has 1 aliphatic carbocycles. The van der Waals surface area contributed by atoms with E-state index in [9.17, 15) is 4.79 Å². The molecule has 1 fully saturated rings. The number of halogens is 2. The van der Waals surface area contributed by atoms with E-state index in [2.05, 4.69) is 10.6 Å². The van der Waals surface area contributed by atoms with E-state index in [0.717, 1.165) is 18.5 Å². The van der Waals surface area contributed by atoms with E-state index in [4.69, 9.17) is 23.2 Å². The minimum Gasteiger partial charge on any atom is -0.383 e. The van der Waals surface area contributed by atoms with Crippen LogP contribution in [0.2, 0.25) is 10.0 Å². The van der Waals surface area contributed by atoms with Gasteiger partial charge >= 0.3 is 0 Å². The summed E-state index contributed by atoms with van der Waals surface area (Å²) >= 11 is 11.9. The van der Waals surface area contributed by atoms with Gasteiger partial charge in [0.2, 0.25) is 5.91 Å². The van der Waals surface area contributed by atoms with Gasteiger partial charge in [0, 0.05) is 24.0 Å².